The molecule has 8 heteroatoms. The van der Waals surface area contributed by atoms with Crippen LogP contribution in [0.1, 0.15) is 57.9 Å². The average molecular weight is 560 g/mol. The number of rotatable bonds is 8. The molecule has 0 bridgehead atoms. The Balaban J connectivity index is 1.58. The van der Waals surface area contributed by atoms with Crippen molar-refractivity contribution in [2.75, 3.05) is 0 Å². The topological polar surface area (TPSA) is 101 Å². The molecule has 0 unspecified atom stereocenters. The van der Waals surface area contributed by atoms with Gasteiger partial charge in [0.2, 0.25) is 0 Å². The molecular formula is C33H41N3O5. The maximum atomic E-state index is 12.8. The van der Waals surface area contributed by atoms with Gasteiger partial charge in [-0.15, -0.1) is 0 Å². The monoisotopic (exact) mass is 559 g/mol. The van der Waals surface area contributed by atoms with Crippen LogP contribution in [0.5, 0.6) is 0 Å². The zero-order valence-electron chi connectivity index (χ0n) is 24.8. The first-order chi connectivity index (χ1) is 19.3. The van der Waals surface area contributed by atoms with Crippen molar-refractivity contribution in [1.29, 1.82) is 0 Å². The number of nitrogens with one attached hydrogen (secondary N) is 1. The number of carbonyl (C=O) groups is 2. The van der Waals surface area contributed by atoms with Gasteiger partial charge >= 0.3 is 12.2 Å². The molecule has 2 N–H and O–H groups in total. The molecule has 1 fully saturated rings. The number of alkyl carbamates (subject to hydrolysis) is 1. The van der Waals surface area contributed by atoms with Gasteiger partial charge < -0.3 is 19.9 Å². The van der Waals surface area contributed by atoms with Gasteiger partial charge in [-0.3, -0.25) is 9.88 Å². The molecule has 41 heavy (non-hydrogen) atoms. The number of hydrogen-bond donors (Lipinski definition) is 2. The second-order valence-corrected chi connectivity index (χ2v) is 12.2. The van der Waals surface area contributed by atoms with Crippen LogP contribution in [-0.2, 0) is 22.3 Å². The molecule has 2 aromatic carbocycles. The van der Waals surface area contributed by atoms with E-state index < -0.39 is 35.7 Å². The van der Waals surface area contributed by atoms with Gasteiger partial charge in [0, 0.05) is 23.5 Å². The summed E-state index contributed by atoms with van der Waals surface area (Å²) in [4.78, 5) is 31.1. The molecule has 1 saturated heterocycles. The van der Waals surface area contributed by atoms with Crippen molar-refractivity contribution < 1.29 is 24.2 Å². The standard InChI is InChI=1S/C33H41N3O5/c1-22-12-15-26(21-34-22)25-16-13-24(14-17-25)19-28-29(40-33(5,6)36(28)31(38)39)20-27(18-23-10-8-7-9-11-23)35-30(37)41-32(2,3)4/h7-17,21,27-29H,18-20H2,1-6H3,(H,35,37)(H,38,39)/t27-,28+,29+/m1/s1. The first-order valence-corrected chi connectivity index (χ1v) is 14.1. The molecule has 2 amide bonds. The van der Waals surface area contributed by atoms with E-state index in [9.17, 15) is 14.7 Å². The smallest absolute Gasteiger partial charge is 0.409 e. The Kier molecular flexibility index (Phi) is 9.02. The zero-order chi connectivity index (χ0) is 29.8. The molecule has 2 heterocycles. The second kappa shape index (κ2) is 12.3. The minimum absolute atomic E-state index is 0.333. The van der Waals surface area contributed by atoms with Gasteiger partial charge in [0.25, 0.3) is 0 Å². The number of benzene rings is 2. The molecule has 0 aliphatic carbocycles. The summed E-state index contributed by atoms with van der Waals surface area (Å²) in [5.41, 5.74) is 3.40. The molecule has 0 saturated carbocycles. The Bertz CT molecular complexity index is 1320. The lowest BCUT2D eigenvalue weighted by molar-refractivity contribution is -0.0695. The lowest BCUT2D eigenvalue weighted by Gasteiger charge is -2.31. The molecule has 1 aliphatic heterocycles. The van der Waals surface area contributed by atoms with Crippen LogP contribution in [-0.4, -0.2) is 56.7 Å². The first kappa shape index (κ1) is 30.1. The van der Waals surface area contributed by atoms with Crippen LogP contribution in [0.15, 0.2) is 72.9 Å². The van der Waals surface area contributed by atoms with Crippen LogP contribution in [0, 0.1) is 6.92 Å². The Morgan fingerprint density at radius 3 is 2.27 bits per heavy atom. The van der Waals surface area contributed by atoms with Gasteiger partial charge in [0.15, 0.2) is 0 Å². The largest absolute Gasteiger partial charge is 0.465 e. The van der Waals surface area contributed by atoms with Crippen LogP contribution < -0.4 is 5.32 Å². The molecular weight excluding hydrogens is 518 g/mol. The van der Waals surface area contributed by atoms with Gasteiger partial charge in [-0.05, 0) is 83.6 Å². The fourth-order valence-corrected chi connectivity index (χ4v) is 5.43. The SMILES string of the molecule is Cc1ccc(-c2ccc(C[C@H]3[C@H](C[C@@H](Cc4ccccc4)NC(=O)OC(C)(C)C)OC(C)(C)N3C(=O)O)cc2)cn1. The molecule has 3 atom stereocenters. The van der Waals surface area contributed by atoms with Crippen LogP contribution >= 0.6 is 0 Å². The van der Waals surface area contributed by atoms with Crippen molar-refractivity contribution in [2.24, 2.45) is 0 Å². The number of aromatic nitrogens is 1. The van der Waals surface area contributed by atoms with Gasteiger partial charge in [-0.25, -0.2) is 9.59 Å². The highest BCUT2D eigenvalue weighted by atomic mass is 16.6. The fourth-order valence-electron chi connectivity index (χ4n) is 5.43. The Hall–Kier alpha value is -3.91. The Labute approximate surface area is 242 Å². The van der Waals surface area contributed by atoms with Gasteiger partial charge in [0.1, 0.15) is 11.3 Å². The fraction of sp³-hybridized carbons (Fsp3) is 0.424. The van der Waals surface area contributed by atoms with Crippen molar-refractivity contribution in [3.8, 4) is 11.1 Å². The van der Waals surface area contributed by atoms with E-state index in [0.29, 0.717) is 19.3 Å². The van der Waals surface area contributed by atoms with E-state index in [2.05, 4.69) is 10.3 Å². The maximum absolute atomic E-state index is 12.8. The second-order valence-electron chi connectivity index (χ2n) is 12.2. The molecule has 1 aliphatic rings. The number of carboxylic acid groups (broad SMARTS) is 1. The van der Waals surface area contributed by atoms with Crippen molar-refractivity contribution >= 4 is 12.2 Å². The summed E-state index contributed by atoms with van der Waals surface area (Å²) < 4.78 is 12.0. The van der Waals surface area contributed by atoms with Crippen molar-refractivity contribution in [3.05, 3.63) is 89.7 Å². The highest BCUT2D eigenvalue weighted by Crippen LogP contribution is 2.36. The lowest BCUT2D eigenvalue weighted by Crippen LogP contribution is -2.49. The van der Waals surface area contributed by atoms with Crippen LogP contribution in [0.4, 0.5) is 9.59 Å². The summed E-state index contributed by atoms with van der Waals surface area (Å²) in [5.74, 6) is 0. The first-order valence-electron chi connectivity index (χ1n) is 14.1. The minimum atomic E-state index is -1.04. The Morgan fingerprint density at radius 1 is 1.02 bits per heavy atom. The number of ether oxygens (including phenoxy) is 2. The third-order valence-corrected chi connectivity index (χ3v) is 7.19. The van der Waals surface area contributed by atoms with E-state index in [-0.39, 0.29) is 6.04 Å². The third kappa shape index (κ3) is 8.07. The summed E-state index contributed by atoms with van der Waals surface area (Å²) in [5, 5.41) is 13.2. The molecule has 218 valence electrons. The summed E-state index contributed by atoms with van der Waals surface area (Å²) in [7, 11) is 0. The predicted octanol–water partition coefficient (Wildman–Crippen LogP) is 6.61. The van der Waals surface area contributed by atoms with Gasteiger partial charge in [0.05, 0.1) is 12.1 Å². The number of carbonyl (C=O) groups excluding carboxylic acids is 1. The van der Waals surface area contributed by atoms with Crippen molar-refractivity contribution in [1.82, 2.24) is 15.2 Å². The number of nitrogens with zero attached hydrogens (tertiary/aromatic N) is 2. The van der Waals surface area contributed by atoms with E-state index in [1.54, 1.807) is 13.8 Å². The van der Waals surface area contributed by atoms with Gasteiger partial charge in [-0.1, -0.05) is 60.7 Å². The summed E-state index contributed by atoms with van der Waals surface area (Å²) >= 11 is 0. The van der Waals surface area contributed by atoms with E-state index in [1.165, 1.54) is 4.90 Å². The Morgan fingerprint density at radius 2 is 1.68 bits per heavy atom. The predicted molar refractivity (Wildman–Crippen MR) is 159 cm³/mol. The molecule has 3 aromatic rings. The zero-order valence-corrected chi connectivity index (χ0v) is 24.8. The highest BCUT2D eigenvalue weighted by Gasteiger charge is 2.50. The van der Waals surface area contributed by atoms with Gasteiger partial charge in [-0.2, -0.15) is 0 Å². The van der Waals surface area contributed by atoms with Crippen molar-refractivity contribution in [2.45, 2.75) is 90.3 Å². The van der Waals surface area contributed by atoms with E-state index in [0.717, 1.165) is 27.9 Å². The normalized spacial score (nSPS) is 19.0. The number of aryl methyl sites for hydroxylation is 1. The van der Waals surface area contributed by atoms with Crippen LogP contribution in [0.3, 0.4) is 0 Å². The summed E-state index contributed by atoms with van der Waals surface area (Å²) in [6.45, 7) is 11.0. The third-order valence-electron chi connectivity index (χ3n) is 7.19. The number of amides is 2. The number of hydrogen-bond acceptors (Lipinski definition) is 5. The molecule has 0 spiro atoms. The highest BCUT2D eigenvalue weighted by molar-refractivity contribution is 5.68. The van der Waals surface area contributed by atoms with E-state index in [1.807, 2.05) is 101 Å². The lowest BCUT2D eigenvalue weighted by atomic mass is 9.93. The minimum Gasteiger partial charge on any atom is -0.465 e. The van der Waals surface area contributed by atoms with Crippen molar-refractivity contribution in [3.63, 3.8) is 0 Å². The van der Waals surface area contributed by atoms with E-state index in [4.69, 9.17) is 9.47 Å². The quantitative estimate of drug-likeness (QED) is 0.322. The van der Waals surface area contributed by atoms with Crippen LogP contribution in [0.2, 0.25) is 0 Å². The maximum Gasteiger partial charge on any atom is 0.409 e. The molecule has 0 radical (unpaired) electrons. The van der Waals surface area contributed by atoms with E-state index >= 15 is 0 Å². The van der Waals surface area contributed by atoms with Crippen LogP contribution in [0.25, 0.3) is 11.1 Å². The molecule has 8 nitrogen and oxygen atoms in total. The number of pyridine rings is 1. The molecule has 1 aromatic heterocycles. The average Bonchev–Trinajstić information content (AvgIpc) is 3.13. The summed E-state index contributed by atoms with van der Waals surface area (Å²) in [6, 6.07) is 21.2. The summed E-state index contributed by atoms with van der Waals surface area (Å²) in [6.07, 6.45) is 1.29. The molecule has 4 rings (SSSR count).